The molecule has 2 unspecified atom stereocenters. The summed E-state index contributed by atoms with van der Waals surface area (Å²) in [6.07, 6.45) is -8.30. The Hall–Kier alpha value is -1.78. The molecule has 14 heteroatoms. The number of hydrogen-bond donors (Lipinski definition) is 5. The number of aliphatic hydroxyl groups is 5. The summed E-state index contributed by atoms with van der Waals surface area (Å²) in [4.78, 5) is 39.4. The third-order valence-electron chi connectivity index (χ3n) is 9.92. The van der Waals surface area contributed by atoms with Gasteiger partial charge in [-0.3, -0.25) is 9.59 Å². The van der Waals surface area contributed by atoms with Crippen molar-refractivity contribution in [2.75, 3.05) is 20.8 Å². The summed E-state index contributed by atoms with van der Waals surface area (Å²) in [6.45, 7) is 12.2. The standard InChI is InChI=1S/C31H56N2O12/c1-11-21-31(8,40)26(37)17(4)23(32-41)15(2)13-30(7,39)27(18(5)24(35)19(6)28(38)44-21)45-29-25(36)20(12-16(3)43-29)33(9)22(34)14-42-10/h15-21,23-27,29,35-37,39-40H,11-14H2,1-10H3/t15-,16-,17+,18+,19-,20+,21-,23?,24+,25-,26-,27-,29+,30?,31-/m1/s1. The number of rotatable bonds is 7. The van der Waals surface area contributed by atoms with Crippen molar-refractivity contribution in [3.05, 3.63) is 4.91 Å². The molecular formula is C31H56N2O12. The molecule has 0 aromatic rings. The summed E-state index contributed by atoms with van der Waals surface area (Å²) in [5.41, 5.74) is -3.77. The van der Waals surface area contributed by atoms with Gasteiger partial charge in [-0.05, 0) is 52.9 Å². The predicted octanol–water partition coefficient (Wildman–Crippen LogP) is 0.970. The SMILES string of the molecule is CC[C@H]1OC(=O)[C@H](C)[C@@H](O)[C@H](C)[C@@H](O[C@@H]2O[C@H](C)C[C@H](N(C)C(=O)COC)[C@H]2O)C(C)(O)C[C@@H](C)C(N=O)[C@H](C)[C@@H](O)[C@]1(C)O. The molecule has 14 nitrogen and oxygen atoms in total. The Kier molecular flexibility index (Phi) is 13.9. The Balaban J connectivity index is 2.58. The van der Waals surface area contributed by atoms with Gasteiger partial charge in [0.25, 0.3) is 0 Å². The van der Waals surface area contributed by atoms with Gasteiger partial charge in [0.1, 0.15) is 24.4 Å². The molecule has 45 heavy (non-hydrogen) atoms. The summed E-state index contributed by atoms with van der Waals surface area (Å²) in [5.74, 6) is -4.92. The molecule has 262 valence electrons. The molecule has 2 aliphatic rings. The van der Waals surface area contributed by atoms with E-state index in [4.69, 9.17) is 18.9 Å². The van der Waals surface area contributed by atoms with Crippen LogP contribution in [0.4, 0.5) is 0 Å². The molecule has 2 aliphatic heterocycles. The largest absolute Gasteiger partial charge is 0.459 e. The molecule has 0 saturated carbocycles. The van der Waals surface area contributed by atoms with Gasteiger partial charge in [0, 0.05) is 26.0 Å². The summed E-state index contributed by atoms with van der Waals surface area (Å²) >= 11 is 0. The molecular weight excluding hydrogens is 592 g/mol. The zero-order valence-electron chi connectivity index (χ0n) is 28.3. The lowest BCUT2D eigenvalue weighted by Gasteiger charge is -2.47. The van der Waals surface area contributed by atoms with E-state index >= 15 is 0 Å². The molecule has 0 aliphatic carbocycles. The summed E-state index contributed by atoms with van der Waals surface area (Å²) in [6, 6.07) is -1.81. The zero-order valence-corrected chi connectivity index (χ0v) is 28.3. The average Bonchev–Trinajstić information content (AvgIpc) is 2.97. The highest BCUT2D eigenvalue weighted by molar-refractivity contribution is 5.77. The van der Waals surface area contributed by atoms with Crippen LogP contribution in [-0.4, -0.2) is 129 Å². The molecule has 0 aromatic heterocycles. The maximum Gasteiger partial charge on any atom is 0.311 e. The Morgan fingerprint density at radius 1 is 1.07 bits per heavy atom. The lowest BCUT2D eigenvalue weighted by atomic mass is 9.72. The highest BCUT2D eigenvalue weighted by Crippen LogP contribution is 2.39. The number of amides is 1. The third kappa shape index (κ3) is 8.78. The van der Waals surface area contributed by atoms with Crippen LogP contribution in [0.2, 0.25) is 0 Å². The van der Waals surface area contributed by atoms with Gasteiger partial charge in [-0.2, -0.15) is 4.91 Å². The second-order valence-electron chi connectivity index (χ2n) is 13.7. The highest BCUT2D eigenvalue weighted by Gasteiger charge is 2.52. The fourth-order valence-electron chi connectivity index (χ4n) is 7.07. The normalized spacial score (nSPS) is 45.7. The molecule has 2 fully saturated rings. The molecule has 5 N–H and O–H groups in total. The first-order chi connectivity index (χ1) is 20.8. The van der Waals surface area contributed by atoms with E-state index in [0.29, 0.717) is 6.42 Å². The first kappa shape index (κ1) is 39.4. The fourth-order valence-corrected chi connectivity index (χ4v) is 7.07. The molecule has 2 rings (SSSR count). The van der Waals surface area contributed by atoms with Crippen LogP contribution in [0.25, 0.3) is 0 Å². The number of esters is 1. The van der Waals surface area contributed by atoms with Crippen molar-refractivity contribution in [2.45, 2.75) is 141 Å². The average molecular weight is 649 g/mol. The number of ether oxygens (including phenoxy) is 4. The first-order valence-electron chi connectivity index (χ1n) is 15.8. The third-order valence-corrected chi connectivity index (χ3v) is 9.92. The van der Waals surface area contributed by atoms with Crippen LogP contribution < -0.4 is 0 Å². The van der Waals surface area contributed by atoms with E-state index in [9.17, 15) is 40.0 Å². The number of cyclic esters (lactones) is 1. The topological polar surface area (TPSA) is 205 Å². The molecule has 0 radical (unpaired) electrons. The van der Waals surface area contributed by atoms with Crippen LogP contribution in [0.15, 0.2) is 5.18 Å². The first-order valence-corrected chi connectivity index (χ1v) is 15.8. The van der Waals surface area contributed by atoms with Gasteiger partial charge in [-0.25, -0.2) is 0 Å². The van der Waals surface area contributed by atoms with Crippen molar-refractivity contribution in [3.8, 4) is 0 Å². The van der Waals surface area contributed by atoms with E-state index in [1.165, 1.54) is 39.8 Å². The van der Waals surface area contributed by atoms with Gasteiger partial charge in [-0.15, -0.1) is 0 Å². The summed E-state index contributed by atoms with van der Waals surface area (Å²) < 4.78 is 22.8. The highest BCUT2D eigenvalue weighted by atomic mass is 16.7. The monoisotopic (exact) mass is 648 g/mol. The maximum atomic E-state index is 13.3. The number of carbonyl (C=O) groups excluding carboxylic acids is 2. The van der Waals surface area contributed by atoms with Crippen LogP contribution in [0, 0.1) is 28.6 Å². The number of nitrogens with zero attached hydrogens (tertiary/aromatic N) is 2. The second-order valence-corrected chi connectivity index (χ2v) is 13.7. The number of methoxy groups -OCH3 is 1. The van der Waals surface area contributed by atoms with E-state index in [2.05, 4.69) is 5.18 Å². The van der Waals surface area contributed by atoms with Crippen molar-refractivity contribution in [1.82, 2.24) is 4.90 Å². The van der Waals surface area contributed by atoms with Crippen LogP contribution in [-0.2, 0) is 28.5 Å². The number of hydrogen-bond acceptors (Lipinski definition) is 13. The van der Waals surface area contributed by atoms with Crippen molar-refractivity contribution in [2.24, 2.45) is 28.8 Å². The van der Waals surface area contributed by atoms with Crippen LogP contribution in [0.3, 0.4) is 0 Å². The van der Waals surface area contributed by atoms with Gasteiger partial charge in [0.05, 0.1) is 48.0 Å². The lowest BCUT2D eigenvalue weighted by molar-refractivity contribution is -0.299. The van der Waals surface area contributed by atoms with Crippen LogP contribution >= 0.6 is 0 Å². The minimum Gasteiger partial charge on any atom is -0.459 e. The van der Waals surface area contributed by atoms with Crippen molar-refractivity contribution in [3.63, 3.8) is 0 Å². The minimum absolute atomic E-state index is 0.117. The van der Waals surface area contributed by atoms with Crippen LogP contribution in [0.5, 0.6) is 0 Å². The Labute approximate surface area is 266 Å². The van der Waals surface area contributed by atoms with E-state index < -0.39 is 95.8 Å². The Bertz CT molecular complexity index is 996. The zero-order chi connectivity index (χ0) is 34.6. The van der Waals surface area contributed by atoms with Gasteiger partial charge < -0.3 is 49.4 Å². The van der Waals surface area contributed by atoms with E-state index in [0.717, 1.165) is 0 Å². The number of carbonyl (C=O) groups is 2. The Morgan fingerprint density at radius 3 is 2.20 bits per heavy atom. The van der Waals surface area contributed by atoms with Gasteiger partial charge >= 0.3 is 5.97 Å². The van der Waals surface area contributed by atoms with Gasteiger partial charge in [-0.1, -0.05) is 32.9 Å². The second kappa shape index (κ2) is 15.9. The molecule has 2 saturated heterocycles. The van der Waals surface area contributed by atoms with E-state index in [-0.39, 0.29) is 25.4 Å². The molecule has 15 atom stereocenters. The molecule has 0 spiro atoms. The lowest BCUT2D eigenvalue weighted by Crippen LogP contribution is -2.61. The molecule has 0 bridgehead atoms. The van der Waals surface area contributed by atoms with Gasteiger partial charge in [0.2, 0.25) is 5.91 Å². The van der Waals surface area contributed by atoms with E-state index in [1.54, 1.807) is 34.6 Å². The number of nitroso groups, excluding NO2 is 1. The van der Waals surface area contributed by atoms with Crippen molar-refractivity contribution < 1.29 is 54.1 Å². The number of likely N-dealkylation sites (N-methyl/N-ethyl adjacent to an activating group) is 1. The predicted molar refractivity (Wildman–Crippen MR) is 163 cm³/mol. The quantitative estimate of drug-likeness (QED) is 0.194. The molecule has 1 amide bonds. The minimum atomic E-state index is -1.96. The maximum absolute atomic E-state index is 13.3. The smallest absolute Gasteiger partial charge is 0.311 e. The van der Waals surface area contributed by atoms with Crippen molar-refractivity contribution >= 4 is 11.9 Å². The fraction of sp³-hybridized carbons (Fsp3) is 0.935. The summed E-state index contributed by atoms with van der Waals surface area (Å²) in [5, 5.41) is 60.6. The molecule has 0 aromatic carbocycles. The van der Waals surface area contributed by atoms with E-state index in [1.807, 2.05) is 0 Å². The summed E-state index contributed by atoms with van der Waals surface area (Å²) in [7, 11) is 2.92. The Morgan fingerprint density at radius 2 is 1.67 bits per heavy atom. The van der Waals surface area contributed by atoms with Crippen LogP contribution in [0.1, 0.15) is 74.7 Å². The number of aliphatic hydroxyl groups excluding tert-OH is 3. The van der Waals surface area contributed by atoms with Crippen molar-refractivity contribution in [1.29, 1.82) is 0 Å². The molecule has 2 heterocycles. The van der Waals surface area contributed by atoms with Gasteiger partial charge in [0.15, 0.2) is 6.29 Å².